The summed E-state index contributed by atoms with van der Waals surface area (Å²) in [7, 11) is 5.54. The van der Waals surface area contributed by atoms with Crippen molar-refractivity contribution >= 4 is 5.91 Å². The lowest BCUT2D eigenvalue weighted by Crippen LogP contribution is -2.46. The molecule has 0 heterocycles. The van der Waals surface area contributed by atoms with Crippen molar-refractivity contribution in [3.05, 3.63) is 0 Å². The van der Waals surface area contributed by atoms with Gasteiger partial charge >= 0.3 is 0 Å². The van der Waals surface area contributed by atoms with Gasteiger partial charge in [0.1, 0.15) is 6.10 Å². The first-order chi connectivity index (χ1) is 7.92. The van der Waals surface area contributed by atoms with Crippen molar-refractivity contribution in [1.29, 1.82) is 0 Å². The van der Waals surface area contributed by atoms with Gasteiger partial charge in [-0.2, -0.15) is 0 Å². The predicted molar refractivity (Wildman–Crippen MR) is 69.8 cm³/mol. The van der Waals surface area contributed by atoms with Crippen LogP contribution in [-0.2, 0) is 9.53 Å². The quantitative estimate of drug-likeness (QED) is 0.634. The highest BCUT2D eigenvalue weighted by atomic mass is 16.5. The molecule has 0 spiro atoms. The van der Waals surface area contributed by atoms with Crippen LogP contribution in [0, 0.1) is 5.92 Å². The van der Waals surface area contributed by atoms with Crippen LogP contribution in [0.1, 0.15) is 20.3 Å². The molecule has 2 atom stereocenters. The molecule has 0 aliphatic carbocycles. The highest BCUT2D eigenvalue weighted by Crippen LogP contribution is 2.08. The van der Waals surface area contributed by atoms with Gasteiger partial charge in [-0.05, 0) is 26.4 Å². The van der Waals surface area contributed by atoms with Crippen LogP contribution < -0.4 is 11.1 Å². The highest BCUT2D eigenvalue weighted by Gasteiger charge is 2.18. The third kappa shape index (κ3) is 6.61. The van der Waals surface area contributed by atoms with E-state index in [1.54, 1.807) is 0 Å². The Morgan fingerprint density at radius 3 is 2.35 bits per heavy atom. The first kappa shape index (κ1) is 16.4. The number of methoxy groups -OCH3 is 1. The van der Waals surface area contributed by atoms with E-state index >= 15 is 0 Å². The van der Waals surface area contributed by atoms with Gasteiger partial charge in [-0.3, -0.25) is 4.79 Å². The third-order valence-corrected chi connectivity index (χ3v) is 2.78. The van der Waals surface area contributed by atoms with Gasteiger partial charge in [0.05, 0.1) is 0 Å². The molecule has 3 N–H and O–H groups in total. The zero-order chi connectivity index (χ0) is 13.4. The molecule has 1 amide bonds. The summed E-state index contributed by atoms with van der Waals surface area (Å²) in [6, 6.07) is 0.342. The summed E-state index contributed by atoms with van der Waals surface area (Å²) in [6.07, 6.45) is 0.505. The second kappa shape index (κ2) is 8.44. The van der Waals surface area contributed by atoms with E-state index in [1.807, 2.05) is 14.1 Å². The van der Waals surface area contributed by atoms with Gasteiger partial charge in [0.2, 0.25) is 5.91 Å². The Labute approximate surface area is 105 Å². The molecule has 0 saturated heterocycles. The third-order valence-electron chi connectivity index (χ3n) is 2.78. The Bertz CT molecular complexity index is 216. The SMILES string of the molecule is COC(CN)C(=O)NCC(CC(C)C)N(C)C. The molecule has 0 bridgehead atoms. The van der Waals surface area contributed by atoms with Crippen LogP contribution in [0.5, 0.6) is 0 Å². The number of rotatable bonds is 8. The summed E-state index contributed by atoms with van der Waals surface area (Å²) in [5, 5.41) is 2.89. The standard InChI is InChI=1S/C12H27N3O2/c1-9(2)6-10(15(3)4)8-14-12(16)11(7-13)17-5/h9-11H,6-8,13H2,1-5H3,(H,14,16). The molecule has 17 heavy (non-hydrogen) atoms. The second-order valence-electron chi connectivity index (χ2n) is 4.95. The maximum atomic E-state index is 11.7. The van der Waals surface area contributed by atoms with Crippen LogP contribution in [0.2, 0.25) is 0 Å². The molecule has 102 valence electrons. The van der Waals surface area contributed by atoms with Crippen LogP contribution >= 0.6 is 0 Å². The van der Waals surface area contributed by atoms with Gasteiger partial charge in [0.25, 0.3) is 0 Å². The highest BCUT2D eigenvalue weighted by molar-refractivity contribution is 5.81. The van der Waals surface area contributed by atoms with Crippen molar-refractivity contribution in [3.8, 4) is 0 Å². The van der Waals surface area contributed by atoms with Crippen molar-refractivity contribution < 1.29 is 9.53 Å². The van der Waals surface area contributed by atoms with E-state index in [-0.39, 0.29) is 12.5 Å². The minimum atomic E-state index is -0.545. The smallest absolute Gasteiger partial charge is 0.250 e. The first-order valence-corrected chi connectivity index (χ1v) is 6.09. The van der Waals surface area contributed by atoms with Gasteiger partial charge in [-0.25, -0.2) is 0 Å². The lowest BCUT2D eigenvalue weighted by atomic mass is 10.0. The molecule has 5 heteroatoms. The minimum absolute atomic E-state index is 0.134. The summed E-state index contributed by atoms with van der Waals surface area (Å²) in [6.45, 7) is 5.19. The number of amides is 1. The molecular formula is C12H27N3O2. The molecule has 0 saturated carbocycles. The Hall–Kier alpha value is -0.650. The number of nitrogens with two attached hydrogens (primary N) is 1. The minimum Gasteiger partial charge on any atom is -0.370 e. The van der Waals surface area contributed by atoms with E-state index in [2.05, 4.69) is 24.1 Å². The molecule has 0 aromatic heterocycles. The number of hydrogen-bond acceptors (Lipinski definition) is 4. The van der Waals surface area contributed by atoms with Crippen molar-refractivity contribution in [2.75, 3.05) is 34.3 Å². The Morgan fingerprint density at radius 2 is 2.00 bits per heavy atom. The lowest BCUT2D eigenvalue weighted by Gasteiger charge is -2.26. The van der Waals surface area contributed by atoms with E-state index in [1.165, 1.54) is 7.11 Å². The first-order valence-electron chi connectivity index (χ1n) is 6.09. The van der Waals surface area contributed by atoms with Crippen LogP contribution in [0.3, 0.4) is 0 Å². The zero-order valence-corrected chi connectivity index (χ0v) is 11.7. The van der Waals surface area contributed by atoms with E-state index < -0.39 is 6.10 Å². The second-order valence-corrected chi connectivity index (χ2v) is 4.95. The molecule has 0 aromatic carbocycles. The molecule has 5 nitrogen and oxygen atoms in total. The van der Waals surface area contributed by atoms with Crippen LogP contribution in [0.4, 0.5) is 0 Å². The van der Waals surface area contributed by atoms with Gasteiger partial charge < -0.3 is 20.7 Å². The number of carbonyl (C=O) groups is 1. The average Bonchev–Trinajstić information content (AvgIpc) is 2.25. The van der Waals surface area contributed by atoms with Crippen molar-refractivity contribution in [1.82, 2.24) is 10.2 Å². The largest absolute Gasteiger partial charge is 0.370 e. The molecule has 0 rings (SSSR count). The maximum Gasteiger partial charge on any atom is 0.250 e. The normalized spacial score (nSPS) is 15.1. The summed E-state index contributed by atoms with van der Waals surface area (Å²) in [4.78, 5) is 13.8. The summed E-state index contributed by atoms with van der Waals surface area (Å²) in [5.41, 5.74) is 5.43. The summed E-state index contributed by atoms with van der Waals surface area (Å²) >= 11 is 0. The van der Waals surface area contributed by atoms with E-state index in [9.17, 15) is 4.79 Å². The van der Waals surface area contributed by atoms with Crippen LogP contribution in [0.15, 0.2) is 0 Å². The Balaban J connectivity index is 4.16. The van der Waals surface area contributed by atoms with Gasteiger partial charge in [0, 0.05) is 26.2 Å². The van der Waals surface area contributed by atoms with E-state index in [4.69, 9.17) is 10.5 Å². The number of hydrogen-bond donors (Lipinski definition) is 2. The Morgan fingerprint density at radius 1 is 1.41 bits per heavy atom. The van der Waals surface area contributed by atoms with Crippen LogP contribution in [0.25, 0.3) is 0 Å². The molecule has 0 aliphatic heterocycles. The molecule has 0 radical (unpaired) electrons. The monoisotopic (exact) mass is 245 g/mol. The number of likely N-dealkylation sites (N-methyl/N-ethyl adjacent to an activating group) is 1. The fourth-order valence-electron chi connectivity index (χ4n) is 1.66. The summed E-state index contributed by atoms with van der Waals surface area (Å²) in [5.74, 6) is 0.470. The van der Waals surface area contributed by atoms with E-state index in [0.29, 0.717) is 18.5 Å². The molecule has 0 fully saturated rings. The average molecular weight is 245 g/mol. The Kier molecular flexibility index (Phi) is 8.12. The zero-order valence-electron chi connectivity index (χ0n) is 11.7. The van der Waals surface area contributed by atoms with Gasteiger partial charge in [-0.15, -0.1) is 0 Å². The number of ether oxygens (including phenoxy) is 1. The van der Waals surface area contributed by atoms with Gasteiger partial charge in [-0.1, -0.05) is 13.8 Å². The number of nitrogens with one attached hydrogen (secondary N) is 1. The number of nitrogens with zero attached hydrogens (tertiary/aromatic N) is 1. The molecular weight excluding hydrogens is 218 g/mol. The fourth-order valence-corrected chi connectivity index (χ4v) is 1.66. The molecule has 0 aliphatic rings. The lowest BCUT2D eigenvalue weighted by molar-refractivity contribution is -0.130. The van der Waals surface area contributed by atoms with Crippen LogP contribution in [-0.4, -0.2) is 57.2 Å². The van der Waals surface area contributed by atoms with Crippen molar-refractivity contribution in [2.24, 2.45) is 11.7 Å². The fraction of sp³-hybridized carbons (Fsp3) is 0.917. The summed E-state index contributed by atoms with van der Waals surface area (Å²) < 4.78 is 4.98. The van der Waals surface area contributed by atoms with E-state index in [0.717, 1.165) is 6.42 Å². The van der Waals surface area contributed by atoms with Crippen molar-refractivity contribution in [2.45, 2.75) is 32.4 Å². The van der Waals surface area contributed by atoms with Crippen molar-refractivity contribution in [3.63, 3.8) is 0 Å². The number of carbonyl (C=O) groups excluding carboxylic acids is 1. The maximum absolute atomic E-state index is 11.7. The topological polar surface area (TPSA) is 67.6 Å². The predicted octanol–water partition coefficient (Wildman–Crippen LogP) is 0.0526. The molecule has 0 aromatic rings. The van der Waals surface area contributed by atoms with Gasteiger partial charge in [0.15, 0.2) is 0 Å². The molecule has 2 unspecified atom stereocenters.